The molecule has 7 heteroatoms. The first-order chi connectivity index (χ1) is 9.38. The topological polar surface area (TPSA) is 75.6 Å². The molecule has 5 nitrogen and oxygen atoms in total. The SMILES string of the molecule is Cc1ccc(Br)cc1S(=O)(=O)NC1(CO)CCOCC1. The van der Waals surface area contributed by atoms with Crippen LogP contribution >= 0.6 is 15.9 Å². The summed E-state index contributed by atoms with van der Waals surface area (Å²) in [7, 11) is -3.68. The van der Waals surface area contributed by atoms with Gasteiger partial charge in [0.2, 0.25) is 10.0 Å². The second-order valence-corrected chi connectivity index (χ2v) is 7.63. The Balaban J connectivity index is 2.32. The number of sulfonamides is 1. The van der Waals surface area contributed by atoms with E-state index in [1.54, 1.807) is 25.1 Å². The molecule has 112 valence electrons. The summed E-state index contributed by atoms with van der Waals surface area (Å²) in [5.41, 5.74) is -0.160. The van der Waals surface area contributed by atoms with E-state index in [4.69, 9.17) is 4.74 Å². The molecule has 0 aromatic heterocycles. The molecule has 20 heavy (non-hydrogen) atoms. The predicted molar refractivity (Wildman–Crippen MR) is 79.1 cm³/mol. The molecule has 1 heterocycles. The Kier molecular flexibility index (Phi) is 4.86. The first kappa shape index (κ1) is 15.9. The van der Waals surface area contributed by atoms with Crippen molar-refractivity contribution in [2.24, 2.45) is 0 Å². The van der Waals surface area contributed by atoms with E-state index in [2.05, 4.69) is 20.7 Å². The van der Waals surface area contributed by atoms with Gasteiger partial charge in [0.05, 0.1) is 17.0 Å². The minimum atomic E-state index is -3.68. The maximum Gasteiger partial charge on any atom is 0.241 e. The lowest BCUT2D eigenvalue weighted by atomic mass is 9.93. The summed E-state index contributed by atoms with van der Waals surface area (Å²) in [6.07, 6.45) is 0.936. The maximum absolute atomic E-state index is 12.6. The summed E-state index contributed by atoms with van der Waals surface area (Å²) in [5, 5.41) is 9.58. The Hall–Kier alpha value is -0.470. The molecule has 0 aliphatic carbocycles. The predicted octanol–water partition coefficient (Wildman–Crippen LogP) is 1.58. The summed E-state index contributed by atoms with van der Waals surface area (Å²) >= 11 is 3.28. The van der Waals surface area contributed by atoms with Crippen LogP contribution in [0.1, 0.15) is 18.4 Å². The van der Waals surface area contributed by atoms with E-state index >= 15 is 0 Å². The van der Waals surface area contributed by atoms with Crippen molar-refractivity contribution in [3.8, 4) is 0 Å². The second kappa shape index (κ2) is 6.11. The number of benzene rings is 1. The monoisotopic (exact) mass is 363 g/mol. The maximum atomic E-state index is 12.6. The lowest BCUT2D eigenvalue weighted by Crippen LogP contribution is -2.54. The highest BCUT2D eigenvalue weighted by molar-refractivity contribution is 9.10. The molecule has 2 rings (SSSR count). The molecule has 2 N–H and O–H groups in total. The van der Waals surface area contributed by atoms with Crippen LogP contribution in [0.5, 0.6) is 0 Å². The number of nitrogens with one attached hydrogen (secondary N) is 1. The van der Waals surface area contributed by atoms with Crippen molar-refractivity contribution in [1.82, 2.24) is 4.72 Å². The summed E-state index contributed by atoms with van der Waals surface area (Å²) in [4.78, 5) is 0.228. The van der Waals surface area contributed by atoms with E-state index in [1.807, 2.05) is 0 Å². The fourth-order valence-electron chi connectivity index (χ4n) is 2.26. The number of halogens is 1. The lowest BCUT2D eigenvalue weighted by molar-refractivity contribution is 0.0223. The Bertz CT molecular complexity index is 582. The van der Waals surface area contributed by atoms with Crippen molar-refractivity contribution in [2.45, 2.75) is 30.2 Å². The van der Waals surface area contributed by atoms with Gasteiger partial charge in [0.1, 0.15) is 0 Å². The molecule has 0 unspecified atom stereocenters. The van der Waals surface area contributed by atoms with E-state index in [0.717, 1.165) is 0 Å². The van der Waals surface area contributed by atoms with Crippen molar-refractivity contribution in [1.29, 1.82) is 0 Å². The highest BCUT2D eigenvalue weighted by Crippen LogP contribution is 2.26. The van der Waals surface area contributed by atoms with E-state index in [9.17, 15) is 13.5 Å². The van der Waals surface area contributed by atoms with E-state index in [1.165, 1.54) is 0 Å². The van der Waals surface area contributed by atoms with Crippen molar-refractivity contribution in [2.75, 3.05) is 19.8 Å². The Morgan fingerprint density at radius 1 is 1.40 bits per heavy atom. The zero-order chi connectivity index (χ0) is 14.8. The van der Waals surface area contributed by atoms with Gasteiger partial charge < -0.3 is 9.84 Å². The smallest absolute Gasteiger partial charge is 0.241 e. The van der Waals surface area contributed by atoms with Crippen molar-refractivity contribution in [3.63, 3.8) is 0 Å². The molecule has 1 aliphatic heterocycles. The summed E-state index contributed by atoms with van der Waals surface area (Å²) < 4.78 is 33.7. The average molecular weight is 364 g/mol. The largest absolute Gasteiger partial charge is 0.394 e. The van der Waals surface area contributed by atoms with Crippen molar-refractivity contribution < 1.29 is 18.3 Å². The van der Waals surface area contributed by atoms with Crippen LogP contribution in [0.4, 0.5) is 0 Å². The van der Waals surface area contributed by atoms with Gasteiger partial charge in [-0.2, -0.15) is 0 Å². The number of aryl methyl sites for hydroxylation is 1. The average Bonchev–Trinajstić information content (AvgIpc) is 2.42. The fraction of sp³-hybridized carbons (Fsp3) is 0.538. The highest BCUT2D eigenvalue weighted by atomic mass is 79.9. The summed E-state index contributed by atoms with van der Waals surface area (Å²) in [6.45, 7) is 2.40. The number of aliphatic hydroxyl groups excluding tert-OH is 1. The molecule has 0 spiro atoms. The number of ether oxygens (including phenoxy) is 1. The van der Waals surface area contributed by atoms with Crippen molar-refractivity contribution in [3.05, 3.63) is 28.2 Å². The molecule has 0 saturated carbocycles. The third-order valence-corrected chi connectivity index (χ3v) is 5.76. The van der Waals surface area contributed by atoms with Gasteiger partial charge >= 0.3 is 0 Å². The molecular weight excluding hydrogens is 346 g/mol. The fourth-order valence-corrected chi connectivity index (χ4v) is 4.49. The molecule has 1 fully saturated rings. The van der Waals surface area contributed by atoms with Gasteiger partial charge in [-0.1, -0.05) is 22.0 Å². The molecule has 0 amide bonds. The molecule has 1 aromatic rings. The van der Waals surface area contributed by atoms with Gasteiger partial charge in [0.15, 0.2) is 0 Å². The van der Waals surface area contributed by atoms with Gasteiger partial charge in [-0.05, 0) is 37.5 Å². The molecule has 0 radical (unpaired) electrons. The van der Waals surface area contributed by atoms with Crippen LogP contribution in [0, 0.1) is 6.92 Å². The van der Waals surface area contributed by atoms with Crippen LogP contribution in [-0.4, -0.2) is 38.9 Å². The van der Waals surface area contributed by atoms with Crippen LogP contribution in [0.15, 0.2) is 27.6 Å². The van der Waals surface area contributed by atoms with Crippen molar-refractivity contribution >= 4 is 26.0 Å². The van der Waals surface area contributed by atoms with Gasteiger partial charge in [0, 0.05) is 17.7 Å². The van der Waals surface area contributed by atoms with E-state index < -0.39 is 15.6 Å². The first-order valence-electron chi connectivity index (χ1n) is 6.37. The molecule has 1 aromatic carbocycles. The molecule has 0 bridgehead atoms. The molecular formula is C13H18BrNO4S. The first-order valence-corrected chi connectivity index (χ1v) is 8.65. The number of hydrogen-bond donors (Lipinski definition) is 2. The van der Waals surface area contributed by atoms with Crippen LogP contribution in [0.25, 0.3) is 0 Å². The van der Waals surface area contributed by atoms with Gasteiger partial charge in [0.25, 0.3) is 0 Å². The second-order valence-electron chi connectivity index (χ2n) is 5.07. The lowest BCUT2D eigenvalue weighted by Gasteiger charge is -2.36. The molecule has 1 aliphatic rings. The summed E-state index contributed by atoms with van der Waals surface area (Å²) in [6, 6.07) is 5.11. The Labute approximate surface area is 127 Å². The van der Waals surface area contributed by atoms with E-state index in [0.29, 0.717) is 36.1 Å². The van der Waals surface area contributed by atoms with Crippen LogP contribution < -0.4 is 4.72 Å². The molecule has 1 saturated heterocycles. The minimum Gasteiger partial charge on any atom is -0.394 e. The zero-order valence-corrected chi connectivity index (χ0v) is 13.6. The molecule has 0 atom stereocenters. The minimum absolute atomic E-state index is 0.228. The van der Waals surface area contributed by atoms with Gasteiger partial charge in [-0.25, -0.2) is 13.1 Å². The van der Waals surface area contributed by atoms with E-state index in [-0.39, 0.29) is 11.5 Å². The van der Waals surface area contributed by atoms with Crippen LogP contribution in [-0.2, 0) is 14.8 Å². The standard InChI is InChI=1S/C13H18BrNO4S/c1-10-2-3-11(14)8-12(10)20(17,18)15-13(9-16)4-6-19-7-5-13/h2-3,8,15-16H,4-7,9H2,1H3. The normalized spacial score (nSPS) is 18.9. The van der Waals surface area contributed by atoms with Crippen LogP contribution in [0.2, 0.25) is 0 Å². The Morgan fingerprint density at radius 3 is 2.65 bits per heavy atom. The third-order valence-electron chi connectivity index (χ3n) is 3.54. The highest BCUT2D eigenvalue weighted by Gasteiger charge is 2.36. The van der Waals surface area contributed by atoms with Gasteiger partial charge in [-0.3, -0.25) is 0 Å². The quantitative estimate of drug-likeness (QED) is 0.851. The Morgan fingerprint density at radius 2 is 2.05 bits per heavy atom. The van der Waals surface area contributed by atoms with Crippen LogP contribution in [0.3, 0.4) is 0 Å². The van der Waals surface area contributed by atoms with Gasteiger partial charge in [-0.15, -0.1) is 0 Å². The summed E-state index contributed by atoms with van der Waals surface area (Å²) in [5.74, 6) is 0. The number of hydrogen-bond acceptors (Lipinski definition) is 4. The zero-order valence-electron chi connectivity index (χ0n) is 11.2. The number of rotatable bonds is 4. The third kappa shape index (κ3) is 3.40. The number of aliphatic hydroxyl groups is 1.